The number of aryl methyl sites for hydroxylation is 1. The van der Waals surface area contributed by atoms with Crippen molar-refractivity contribution in [3.05, 3.63) is 28.2 Å². The summed E-state index contributed by atoms with van der Waals surface area (Å²) in [6, 6.07) is 6.10. The fourth-order valence-corrected chi connectivity index (χ4v) is 1.99. The van der Waals surface area contributed by atoms with Gasteiger partial charge >= 0.3 is 0 Å². The Labute approximate surface area is 105 Å². The summed E-state index contributed by atoms with van der Waals surface area (Å²) in [6.07, 6.45) is 0.494. The van der Waals surface area contributed by atoms with E-state index in [1.54, 1.807) is 0 Å². The van der Waals surface area contributed by atoms with Gasteiger partial charge in [-0.25, -0.2) is 0 Å². The lowest BCUT2D eigenvalue weighted by molar-refractivity contribution is -0.120. The predicted octanol–water partition coefficient (Wildman–Crippen LogP) is 2.70. The van der Waals surface area contributed by atoms with Crippen LogP contribution in [0.2, 0.25) is 0 Å². The van der Waals surface area contributed by atoms with Gasteiger partial charge in [0.2, 0.25) is 5.91 Å². The Morgan fingerprint density at radius 2 is 2.19 bits per heavy atom. The highest BCUT2D eigenvalue weighted by atomic mass is 79.9. The number of nitrogens with one attached hydrogen (secondary N) is 2. The molecule has 1 amide bonds. The molecule has 4 heteroatoms. The maximum absolute atomic E-state index is 11.2. The Bertz CT molecular complexity index is 366. The number of rotatable bonds is 5. The summed E-state index contributed by atoms with van der Waals surface area (Å²) in [5, 5.41) is 5.99. The van der Waals surface area contributed by atoms with Gasteiger partial charge in [0.25, 0.3) is 0 Å². The maximum atomic E-state index is 11.2. The van der Waals surface area contributed by atoms with Gasteiger partial charge in [-0.15, -0.1) is 0 Å². The second-order valence-corrected chi connectivity index (χ2v) is 4.47. The van der Waals surface area contributed by atoms with Crippen molar-refractivity contribution in [2.24, 2.45) is 0 Å². The molecule has 0 aliphatic rings. The molecule has 16 heavy (non-hydrogen) atoms. The van der Waals surface area contributed by atoms with E-state index in [2.05, 4.69) is 32.6 Å². The first kappa shape index (κ1) is 13.0. The van der Waals surface area contributed by atoms with Crippen molar-refractivity contribution in [1.29, 1.82) is 0 Å². The van der Waals surface area contributed by atoms with Crippen molar-refractivity contribution in [3.8, 4) is 0 Å². The maximum Gasteiger partial charge on any atom is 0.221 e. The lowest BCUT2D eigenvalue weighted by Gasteiger charge is -2.09. The number of anilines is 1. The molecule has 0 spiro atoms. The van der Waals surface area contributed by atoms with Crippen LogP contribution >= 0.6 is 15.9 Å². The molecule has 0 fully saturated rings. The topological polar surface area (TPSA) is 41.1 Å². The van der Waals surface area contributed by atoms with Crippen LogP contribution in [0.15, 0.2) is 22.7 Å². The van der Waals surface area contributed by atoms with Gasteiger partial charge in [0.05, 0.1) is 0 Å². The molecular formula is C12H17BrN2O. The molecule has 2 N–H and O–H groups in total. The number of hydrogen-bond acceptors (Lipinski definition) is 2. The Balaban J connectivity index is 2.40. The molecule has 0 bridgehead atoms. The first-order chi connectivity index (χ1) is 7.63. The molecule has 88 valence electrons. The molecule has 0 unspecified atom stereocenters. The average molecular weight is 285 g/mol. The second-order valence-electron chi connectivity index (χ2n) is 3.61. The fraction of sp³-hybridized carbons (Fsp3) is 0.417. The largest absolute Gasteiger partial charge is 0.384 e. The highest BCUT2D eigenvalue weighted by Crippen LogP contribution is 2.23. The average Bonchev–Trinajstić information content (AvgIpc) is 2.22. The summed E-state index contributed by atoms with van der Waals surface area (Å²) in [5.74, 6) is 0.0817. The van der Waals surface area contributed by atoms with E-state index < -0.39 is 0 Å². The van der Waals surface area contributed by atoms with Crippen LogP contribution in [-0.4, -0.2) is 19.0 Å². The van der Waals surface area contributed by atoms with E-state index in [0.29, 0.717) is 19.5 Å². The standard InChI is InChI=1S/C12H17BrN2O/c1-3-14-12(16)6-7-15-11-5-4-9(2)8-10(11)13/h4-5,8,15H,3,6-7H2,1-2H3,(H,14,16). The van der Waals surface area contributed by atoms with Crippen LogP contribution in [0.25, 0.3) is 0 Å². The Morgan fingerprint density at radius 3 is 2.81 bits per heavy atom. The van der Waals surface area contributed by atoms with Gasteiger partial charge in [-0.1, -0.05) is 6.07 Å². The third kappa shape index (κ3) is 4.23. The van der Waals surface area contributed by atoms with E-state index in [1.165, 1.54) is 5.56 Å². The summed E-state index contributed by atoms with van der Waals surface area (Å²) in [5.41, 5.74) is 2.23. The third-order valence-electron chi connectivity index (χ3n) is 2.17. The molecule has 0 aromatic heterocycles. The molecule has 0 saturated carbocycles. The number of halogens is 1. The van der Waals surface area contributed by atoms with E-state index in [0.717, 1.165) is 10.2 Å². The van der Waals surface area contributed by atoms with Crippen LogP contribution in [0.5, 0.6) is 0 Å². The number of amides is 1. The van der Waals surface area contributed by atoms with Crippen molar-refractivity contribution in [3.63, 3.8) is 0 Å². The van der Waals surface area contributed by atoms with Gasteiger partial charge in [-0.05, 0) is 47.5 Å². The zero-order chi connectivity index (χ0) is 12.0. The van der Waals surface area contributed by atoms with Gasteiger partial charge in [0.15, 0.2) is 0 Å². The highest BCUT2D eigenvalue weighted by molar-refractivity contribution is 9.10. The molecule has 0 atom stereocenters. The van der Waals surface area contributed by atoms with Crippen molar-refractivity contribution >= 4 is 27.5 Å². The van der Waals surface area contributed by atoms with Crippen molar-refractivity contribution in [1.82, 2.24) is 5.32 Å². The monoisotopic (exact) mass is 284 g/mol. The lowest BCUT2D eigenvalue weighted by Crippen LogP contribution is -2.24. The minimum Gasteiger partial charge on any atom is -0.384 e. The highest BCUT2D eigenvalue weighted by Gasteiger charge is 2.01. The SMILES string of the molecule is CCNC(=O)CCNc1ccc(C)cc1Br. The van der Waals surface area contributed by atoms with Crippen LogP contribution in [0, 0.1) is 6.92 Å². The lowest BCUT2D eigenvalue weighted by atomic mass is 10.2. The van der Waals surface area contributed by atoms with Crippen molar-refractivity contribution < 1.29 is 4.79 Å². The van der Waals surface area contributed by atoms with E-state index >= 15 is 0 Å². The number of carbonyl (C=O) groups is 1. The van der Waals surface area contributed by atoms with Crippen molar-refractivity contribution in [2.45, 2.75) is 20.3 Å². The molecule has 0 heterocycles. The zero-order valence-corrected chi connectivity index (χ0v) is 11.2. The normalized spacial score (nSPS) is 9.94. The molecule has 1 rings (SSSR count). The van der Waals surface area contributed by atoms with Gasteiger partial charge in [-0.2, -0.15) is 0 Å². The van der Waals surface area contributed by atoms with Gasteiger partial charge in [-0.3, -0.25) is 4.79 Å². The first-order valence-electron chi connectivity index (χ1n) is 5.40. The van der Waals surface area contributed by atoms with Crippen LogP contribution in [0.3, 0.4) is 0 Å². The first-order valence-corrected chi connectivity index (χ1v) is 6.19. The summed E-state index contributed by atoms with van der Waals surface area (Å²) < 4.78 is 1.03. The molecule has 3 nitrogen and oxygen atoms in total. The minimum absolute atomic E-state index is 0.0817. The number of hydrogen-bond donors (Lipinski definition) is 2. The Hall–Kier alpha value is -1.03. The molecule has 0 radical (unpaired) electrons. The molecule has 1 aromatic rings. The summed E-state index contributed by atoms with van der Waals surface area (Å²) >= 11 is 3.48. The van der Waals surface area contributed by atoms with Crippen LogP contribution in [-0.2, 0) is 4.79 Å². The molecule has 0 aliphatic carbocycles. The fourth-order valence-electron chi connectivity index (χ4n) is 1.36. The third-order valence-corrected chi connectivity index (χ3v) is 2.82. The van der Waals surface area contributed by atoms with Gasteiger partial charge in [0.1, 0.15) is 0 Å². The second kappa shape index (κ2) is 6.53. The van der Waals surface area contributed by atoms with Gasteiger partial charge in [0, 0.05) is 29.7 Å². The molecule has 1 aromatic carbocycles. The van der Waals surface area contributed by atoms with E-state index in [1.807, 2.05) is 26.0 Å². The summed E-state index contributed by atoms with van der Waals surface area (Å²) in [6.45, 7) is 5.30. The smallest absolute Gasteiger partial charge is 0.221 e. The van der Waals surface area contributed by atoms with E-state index in [4.69, 9.17) is 0 Å². The summed E-state index contributed by atoms with van der Waals surface area (Å²) in [4.78, 5) is 11.2. The molecule has 0 saturated heterocycles. The quantitative estimate of drug-likeness (QED) is 0.873. The van der Waals surface area contributed by atoms with Crippen LogP contribution in [0.4, 0.5) is 5.69 Å². The number of carbonyl (C=O) groups excluding carboxylic acids is 1. The molecule has 0 aliphatic heterocycles. The van der Waals surface area contributed by atoms with Crippen LogP contribution < -0.4 is 10.6 Å². The minimum atomic E-state index is 0.0817. The Kier molecular flexibility index (Phi) is 5.32. The zero-order valence-electron chi connectivity index (χ0n) is 9.64. The van der Waals surface area contributed by atoms with Crippen LogP contribution in [0.1, 0.15) is 18.9 Å². The molecular weight excluding hydrogens is 268 g/mol. The Morgan fingerprint density at radius 1 is 1.44 bits per heavy atom. The van der Waals surface area contributed by atoms with E-state index in [-0.39, 0.29) is 5.91 Å². The summed E-state index contributed by atoms with van der Waals surface area (Å²) in [7, 11) is 0. The van der Waals surface area contributed by atoms with E-state index in [9.17, 15) is 4.79 Å². The van der Waals surface area contributed by atoms with Crippen molar-refractivity contribution in [2.75, 3.05) is 18.4 Å². The number of benzene rings is 1. The predicted molar refractivity (Wildman–Crippen MR) is 70.7 cm³/mol. The van der Waals surface area contributed by atoms with Gasteiger partial charge < -0.3 is 10.6 Å².